The quantitative estimate of drug-likeness (QED) is 0.477. The summed E-state index contributed by atoms with van der Waals surface area (Å²) in [6, 6.07) is 8.07. The van der Waals surface area contributed by atoms with E-state index in [1.54, 1.807) is 13.0 Å². The topological polar surface area (TPSA) is 34.9 Å². The van der Waals surface area contributed by atoms with Crippen LogP contribution < -0.4 is 0 Å². The summed E-state index contributed by atoms with van der Waals surface area (Å²) < 4.78 is 2.69. The number of carbonyl (C=O) groups excluding carboxylic acids is 1. The van der Waals surface area contributed by atoms with E-state index in [2.05, 4.69) is 20.9 Å². The number of hydrogen-bond donors (Lipinski definition) is 0. The summed E-state index contributed by atoms with van der Waals surface area (Å²) in [6.45, 7) is 3.77. The lowest BCUT2D eigenvalue weighted by Crippen LogP contribution is -1.99. The SMILES string of the molecule is CC(C=O)=Cc1nc(C=S)n(-c2ccc(C)cc2)c1Br. The average molecular weight is 349 g/mol. The van der Waals surface area contributed by atoms with E-state index in [1.807, 2.05) is 35.8 Å². The first-order valence-corrected chi connectivity index (χ1v) is 7.27. The van der Waals surface area contributed by atoms with Gasteiger partial charge in [-0.3, -0.25) is 9.36 Å². The number of aryl methyl sites for hydroxylation is 1. The fourth-order valence-electron chi connectivity index (χ4n) is 1.79. The number of allylic oxidation sites excluding steroid dienone is 1. The van der Waals surface area contributed by atoms with Gasteiger partial charge in [0.05, 0.1) is 5.69 Å². The molecule has 1 heterocycles. The number of nitrogens with zero attached hydrogens (tertiary/aromatic N) is 2. The Labute approximate surface area is 131 Å². The number of rotatable bonds is 4. The van der Waals surface area contributed by atoms with Crippen molar-refractivity contribution in [3.63, 3.8) is 0 Å². The monoisotopic (exact) mass is 348 g/mol. The smallest absolute Gasteiger partial charge is 0.149 e. The van der Waals surface area contributed by atoms with E-state index in [0.29, 0.717) is 17.1 Å². The van der Waals surface area contributed by atoms with Gasteiger partial charge in [-0.05, 0) is 53.6 Å². The van der Waals surface area contributed by atoms with E-state index >= 15 is 0 Å². The predicted octanol–water partition coefficient (Wildman–Crippen LogP) is 3.89. The molecule has 1 aromatic carbocycles. The maximum Gasteiger partial charge on any atom is 0.149 e. The lowest BCUT2D eigenvalue weighted by Gasteiger charge is -2.07. The largest absolute Gasteiger partial charge is 0.298 e. The number of halogens is 1. The molecule has 0 saturated carbocycles. The summed E-state index contributed by atoms with van der Waals surface area (Å²) in [4.78, 5) is 15.2. The number of carbonyl (C=O) groups is 1. The molecule has 0 N–H and O–H groups in total. The van der Waals surface area contributed by atoms with E-state index < -0.39 is 0 Å². The molecule has 0 fully saturated rings. The first kappa shape index (κ1) is 14.8. The van der Waals surface area contributed by atoms with Gasteiger partial charge in [-0.1, -0.05) is 29.9 Å². The summed E-state index contributed by atoms with van der Waals surface area (Å²) in [6.07, 6.45) is 2.53. The second kappa shape index (κ2) is 6.24. The van der Waals surface area contributed by atoms with Gasteiger partial charge < -0.3 is 0 Å². The molecule has 0 aliphatic carbocycles. The molecule has 0 atom stereocenters. The summed E-state index contributed by atoms with van der Waals surface area (Å²) >= 11 is 8.56. The molecule has 0 unspecified atom stereocenters. The summed E-state index contributed by atoms with van der Waals surface area (Å²) in [7, 11) is 0. The minimum atomic E-state index is 0.607. The highest BCUT2D eigenvalue weighted by Gasteiger charge is 2.13. The van der Waals surface area contributed by atoms with Crippen molar-refractivity contribution in [2.24, 2.45) is 0 Å². The molecule has 2 aromatic rings. The average Bonchev–Trinajstić information content (AvgIpc) is 2.76. The van der Waals surface area contributed by atoms with Crippen molar-refractivity contribution in [2.45, 2.75) is 13.8 Å². The van der Waals surface area contributed by atoms with Gasteiger partial charge in [-0.2, -0.15) is 0 Å². The van der Waals surface area contributed by atoms with Crippen LogP contribution in [0.1, 0.15) is 24.0 Å². The molecular formula is C15H13BrN2OS. The Morgan fingerprint density at radius 2 is 2.00 bits per heavy atom. The van der Waals surface area contributed by atoms with Gasteiger partial charge in [0.2, 0.25) is 0 Å². The predicted molar refractivity (Wildman–Crippen MR) is 88.5 cm³/mol. The number of imidazole rings is 1. The van der Waals surface area contributed by atoms with Crippen molar-refractivity contribution in [1.82, 2.24) is 9.55 Å². The molecule has 0 amide bonds. The molecular weight excluding hydrogens is 336 g/mol. The van der Waals surface area contributed by atoms with Gasteiger partial charge in [-0.15, -0.1) is 0 Å². The third-order valence-electron chi connectivity index (χ3n) is 2.82. The molecule has 0 aliphatic rings. The fraction of sp³-hybridized carbons (Fsp3) is 0.133. The van der Waals surface area contributed by atoms with E-state index in [9.17, 15) is 4.79 Å². The van der Waals surface area contributed by atoms with E-state index in [0.717, 1.165) is 16.6 Å². The molecule has 0 bridgehead atoms. The summed E-state index contributed by atoms with van der Waals surface area (Å²) in [5.41, 5.74) is 3.45. The van der Waals surface area contributed by atoms with Gasteiger partial charge >= 0.3 is 0 Å². The zero-order valence-electron chi connectivity index (χ0n) is 11.1. The molecule has 0 aliphatic heterocycles. The standard InChI is InChI=1S/C15H13BrN2OS/c1-10-3-5-12(6-4-10)18-14(9-20)17-13(15(18)16)7-11(2)8-19/h3-9H,1-2H3. The molecule has 1 aromatic heterocycles. The minimum Gasteiger partial charge on any atom is -0.298 e. The van der Waals surface area contributed by atoms with E-state index in [-0.39, 0.29) is 0 Å². The van der Waals surface area contributed by atoms with Crippen molar-refractivity contribution in [2.75, 3.05) is 0 Å². The highest BCUT2D eigenvalue weighted by molar-refractivity contribution is 9.10. The Morgan fingerprint density at radius 1 is 1.35 bits per heavy atom. The second-order valence-corrected chi connectivity index (χ2v) is 5.43. The van der Waals surface area contributed by atoms with Gasteiger partial charge in [0, 0.05) is 11.1 Å². The summed E-state index contributed by atoms with van der Waals surface area (Å²) in [5, 5.41) is 1.53. The second-order valence-electron chi connectivity index (χ2n) is 4.44. The normalized spacial score (nSPS) is 11.4. The zero-order chi connectivity index (χ0) is 14.7. The first-order chi connectivity index (χ1) is 9.56. The summed E-state index contributed by atoms with van der Waals surface area (Å²) in [5.74, 6) is 0.653. The Kier molecular flexibility index (Phi) is 4.62. The van der Waals surface area contributed by atoms with Crippen LogP contribution in [-0.4, -0.2) is 21.2 Å². The minimum absolute atomic E-state index is 0.607. The number of aldehydes is 1. The van der Waals surface area contributed by atoms with Crippen LogP contribution in [0.5, 0.6) is 0 Å². The molecule has 2 rings (SSSR count). The Bertz CT molecular complexity index is 687. The van der Waals surface area contributed by atoms with Crippen LogP contribution in [0.15, 0.2) is 34.4 Å². The third-order valence-corrected chi connectivity index (χ3v) is 3.79. The Balaban J connectivity index is 2.61. The lowest BCUT2D eigenvalue weighted by atomic mass is 10.2. The molecule has 102 valence electrons. The maximum atomic E-state index is 10.7. The van der Waals surface area contributed by atoms with Gasteiger partial charge in [0.25, 0.3) is 0 Å². The first-order valence-electron chi connectivity index (χ1n) is 6.00. The maximum absolute atomic E-state index is 10.7. The van der Waals surface area contributed by atoms with Crippen LogP contribution >= 0.6 is 28.1 Å². The van der Waals surface area contributed by atoms with Crippen LogP contribution in [0.25, 0.3) is 11.8 Å². The molecule has 20 heavy (non-hydrogen) atoms. The van der Waals surface area contributed by atoms with Crippen LogP contribution in [-0.2, 0) is 4.79 Å². The zero-order valence-corrected chi connectivity index (χ0v) is 13.5. The van der Waals surface area contributed by atoms with Crippen LogP contribution in [0.3, 0.4) is 0 Å². The number of benzene rings is 1. The van der Waals surface area contributed by atoms with Gasteiger partial charge in [0.15, 0.2) is 0 Å². The van der Waals surface area contributed by atoms with Crippen molar-refractivity contribution in [3.05, 3.63) is 51.5 Å². The van der Waals surface area contributed by atoms with Crippen molar-refractivity contribution < 1.29 is 4.79 Å². The van der Waals surface area contributed by atoms with Crippen molar-refractivity contribution >= 4 is 45.9 Å². The van der Waals surface area contributed by atoms with E-state index in [1.165, 1.54) is 10.9 Å². The highest BCUT2D eigenvalue weighted by atomic mass is 79.9. The molecule has 0 spiro atoms. The Hall–Kier alpha value is -1.59. The van der Waals surface area contributed by atoms with E-state index in [4.69, 9.17) is 12.2 Å². The highest BCUT2D eigenvalue weighted by Crippen LogP contribution is 2.25. The number of hydrogen-bond acceptors (Lipinski definition) is 3. The number of aromatic nitrogens is 2. The van der Waals surface area contributed by atoms with Gasteiger partial charge in [-0.25, -0.2) is 4.98 Å². The Morgan fingerprint density at radius 3 is 2.55 bits per heavy atom. The van der Waals surface area contributed by atoms with Gasteiger partial charge in [0.1, 0.15) is 16.7 Å². The van der Waals surface area contributed by atoms with Crippen LogP contribution in [0, 0.1) is 6.92 Å². The van der Waals surface area contributed by atoms with Crippen LogP contribution in [0.2, 0.25) is 0 Å². The van der Waals surface area contributed by atoms with Crippen LogP contribution in [0.4, 0.5) is 0 Å². The third kappa shape index (κ3) is 2.94. The lowest BCUT2D eigenvalue weighted by molar-refractivity contribution is -0.104. The van der Waals surface area contributed by atoms with Crippen molar-refractivity contribution in [1.29, 1.82) is 0 Å². The molecule has 0 radical (unpaired) electrons. The molecule has 0 saturated heterocycles. The molecule has 3 nitrogen and oxygen atoms in total. The number of thiocarbonyl (C=S) groups is 1. The van der Waals surface area contributed by atoms with Crippen molar-refractivity contribution in [3.8, 4) is 5.69 Å². The fourth-order valence-corrected chi connectivity index (χ4v) is 2.54. The molecule has 5 heteroatoms.